The Balaban J connectivity index is 1.13. The molecule has 0 spiro atoms. The van der Waals surface area contributed by atoms with Gasteiger partial charge in [0, 0.05) is 27.6 Å². The molecule has 56 heavy (non-hydrogen) atoms. The zero-order valence-electron chi connectivity index (χ0n) is 30.4. The van der Waals surface area contributed by atoms with Gasteiger partial charge in [-0.3, -0.25) is 0 Å². The Morgan fingerprint density at radius 3 is 1.30 bits per heavy atom. The van der Waals surface area contributed by atoms with Gasteiger partial charge in [0.15, 0.2) is 17.5 Å². The Morgan fingerprint density at radius 2 is 0.714 bits per heavy atom. The minimum atomic E-state index is 0.609. The first-order chi connectivity index (χ1) is 27.7. The summed E-state index contributed by atoms with van der Waals surface area (Å²) in [5.74, 6) is 1.85. The van der Waals surface area contributed by atoms with E-state index in [1.165, 1.54) is 21.9 Å². The number of hydrogen-bond acceptors (Lipinski definition) is 4. The number of rotatable bonds is 7. The monoisotopic (exact) mass is 714 g/mol. The lowest BCUT2D eigenvalue weighted by molar-refractivity contribution is 1.07. The number of fused-ring (bicyclic) bond motifs is 3. The van der Waals surface area contributed by atoms with Crippen LogP contribution < -0.4 is 0 Å². The molecule has 8 aromatic carbocycles. The van der Waals surface area contributed by atoms with Crippen molar-refractivity contribution in [3.8, 4) is 78.8 Å². The molecule has 2 aromatic heterocycles. The van der Waals surface area contributed by atoms with Gasteiger partial charge < -0.3 is 0 Å². The van der Waals surface area contributed by atoms with Crippen LogP contribution in [0.5, 0.6) is 0 Å². The van der Waals surface area contributed by atoms with Crippen molar-refractivity contribution in [1.82, 2.24) is 19.9 Å². The summed E-state index contributed by atoms with van der Waals surface area (Å²) >= 11 is 0. The molecule has 4 nitrogen and oxygen atoms in total. The van der Waals surface area contributed by atoms with Crippen LogP contribution in [0, 0.1) is 0 Å². The maximum absolute atomic E-state index is 5.17. The molecule has 0 fully saturated rings. The van der Waals surface area contributed by atoms with E-state index in [0.717, 1.165) is 61.1 Å². The molecule has 0 saturated heterocycles. The number of pyridine rings is 1. The third-order valence-corrected chi connectivity index (χ3v) is 10.3. The van der Waals surface area contributed by atoms with Crippen molar-refractivity contribution < 1.29 is 0 Å². The highest BCUT2D eigenvalue weighted by Crippen LogP contribution is 2.38. The molecule has 0 aliphatic carbocycles. The summed E-state index contributed by atoms with van der Waals surface area (Å²) < 4.78 is 0. The molecule has 262 valence electrons. The van der Waals surface area contributed by atoms with Gasteiger partial charge in [0.1, 0.15) is 0 Å². The lowest BCUT2D eigenvalue weighted by Gasteiger charge is -2.14. The van der Waals surface area contributed by atoms with Crippen LogP contribution in [0.3, 0.4) is 0 Å². The molecule has 0 radical (unpaired) electrons. The Bertz CT molecular complexity index is 2880. The van der Waals surface area contributed by atoms with Gasteiger partial charge in [-0.15, -0.1) is 0 Å². The summed E-state index contributed by atoms with van der Waals surface area (Å²) in [6.07, 6.45) is 0. The van der Waals surface area contributed by atoms with E-state index in [9.17, 15) is 0 Å². The molecule has 0 unspecified atom stereocenters. The Morgan fingerprint density at radius 1 is 0.268 bits per heavy atom. The van der Waals surface area contributed by atoms with Gasteiger partial charge in [-0.1, -0.05) is 188 Å². The third kappa shape index (κ3) is 6.40. The van der Waals surface area contributed by atoms with Crippen molar-refractivity contribution in [1.29, 1.82) is 0 Å². The van der Waals surface area contributed by atoms with Crippen molar-refractivity contribution in [3.05, 3.63) is 206 Å². The fraction of sp³-hybridized carbons (Fsp3) is 0. The Hall–Kier alpha value is -7.56. The largest absolute Gasteiger partial charge is 0.248 e. The van der Waals surface area contributed by atoms with Gasteiger partial charge in [-0.25, -0.2) is 19.9 Å². The molecule has 0 amide bonds. The zero-order valence-corrected chi connectivity index (χ0v) is 30.4. The highest BCUT2D eigenvalue weighted by atomic mass is 15.0. The molecule has 10 aromatic rings. The van der Waals surface area contributed by atoms with Crippen LogP contribution in [-0.2, 0) is 0 Å². The van der Waals surface area contributed by atoms with Crippen molar-refractivity contribution in [2.24, 2.45) is 0 Å². The molecule has 4 heteroatoms. The lowest BCUT2D eigenvalue weighted by atomic mass is 9.93. The fourth-order valence-electron chi connectivity index (χ4n) is 7.47. The molecule has 10 rings (SSSR count). The van der Waals surface area contributed by atoms with Crippen molar-refractivity contribution in [3.63, 3.8) is 0 Å². The Labute approximate surface area is 325 Å². The van der Waals surface area contributed by atoms with E-state index >= 15 is 0 Å². The van der Waals surface area contributed by atoms with Crippen LogP contribution in [0.15, 0.2) is 206 Å². The maximum Gasteiger partial charge on any atom is 0.164 e. The third-order valence-electron chi connectivity index (χ3n) is 10.3. The number of benzene rings is 8. The van der Waals surface area contributed by atoms with Crippen LogP contribution in [0.1, 0.15) is 0 Å². The van der Waals surface area contributed by atoms with Crippen molar-refractivity contribution in [2.45, 2.75) is 0 Å². The maximum atomic E-state index is 5.17. The number of nitrogens with zero attached hydrogens (tertiary/aromatic N) is 4. The van der Waals surface area contributed by atoms with Crippen LogP contribution in [0.2, 0.25) is 0 Å². The van der Waals surface area contributed by atoms with Gasteiger partial charge in [0.2, 0.25) is 0 Å². The van der Waals surface area contributed by atoms with E-state index in [2.05, 4.69) is 188 Å². The van der Waals surface area contributed by atoms with E-state index in [-0.39, 0.29) is 0 Å². The van der Waals surface area contributed by atoms with E-state index in [1.54, 1.807) is 0 Å². The lowest BCUT2D eigenvalue weighted by Crippen LogP contribution is -2.00. The zero-order chi connectivity index (χ0) is 37.3. The van der Waals surface area contributed by atoms with Crippen LogP contribution in [-0.4, -0.2) is 19.9 Å². The van der Waals surface area contributed by atoms with Gasteiger partial charge in [-0.2, -0.15) is 0 Å². The highest BCUT2D eigenvalue weighted by Gasteiger charge is 2.17. The molecule has 0 N–H and O–H groups in total. The van der Waals surface area contributed by atoms with Crippen LogP contribution >= 0.6 is 0 Å². The summed E-state index contributed by atoms with van der Waals surface area (Å²) in [7, 11) is 0. The topological polar surface area (TPSA) is 51.6 Å². The predicted octanol–water partition coefficient (Wildman–Crippen LogP) is 13.2. The molecule has 0 aliphatic heterocycles. The highest BCUT2D eigenvalue weighted by molar-refractivity contribution is 6.14. The van der Waals surface area contributed by atoms with E-state index in [0.29, 0.717) is 17.5 Å². The summed E-state index contributed by atoms with van der Waals surface area (Å²) in [6, 6.07) is 71.7. The van der Waals surface area contributed by atoms with Crippen LogP contribution in [0.25, 0.3) is 100 Å². The van der Waals surface area contributed by atoms with Gasteiger partial charge >= 0.3 is 0 Å². The van der Waals surface area contributed by atoms with E-state index < -0.39 is 0 Å². The summed E-state index contributed by atoms with van der Waals surface area (Å²) in [4.78, 5) is 20.5. The first-order valence-electron chi connectivity index (χ1n) is 18.8. The van der Waals surface area contributed by atoms with Crippen LogP contribution in [0.4, 0.5) is 0 Å². The number of hydrogen-bond donors (Lipinski definition) is 0. The average Bonchev–Trinajstić information content (AvgIpc) is 3.29. The molecule has 0 bridgehead atoms. The second-order valence-electron chi connectivity index (χ2n) is 13.9. The molecule has 0 atom stereocenters. The number of aromatic nitrogens is 4. The molecule has 2 heterocycles. The minimum absolute atomic E-state index is 0.609. The average molecular weight is 715 g/mol. The summed E-state index contributed by atoms with van der Waals surface area (Å²) in [5.41, 5.74) is 12.5. The minimum Gasteiger partial charge on any atom is -0.248 e. The van der Waals surface area contributed by atoms with E-state index in [4.69, 9.17) is 19.9 Å². The normalized spacial score (nSPS) is 11.2. The van der Waals surface area contributed by atoms with Gasteiger partial charge in [0.05, 0.1) is 11.2 Å². The summed E-state index contributed by atoms with van der Waals surface area (Å²) in [6.45, 7) is 0. The SMILES string of the molecule is c1ccc(-c2ccc(-c3nc(-c4ccc(-c5ccccc5)cc4)nc(-c4cccc(-c5cc(-c6ccccc6)nc6ccc7ccccc7c56)c4)n3)cc2)cc1. The quantitative estimate of drug-likeness (QED) is 0.154. The molecular formula is C52H34N4. The van der Waals surface area contributed by atoms with Gasteiger partial charge in [0.25, 0.3) is 0 Å². The molecular weight excluding hydrogens is 681 g/mol. The first kappa shape index (κ1) is 33.0. The van der Waals surface area contributed by atoms with Crippen molar-refractivity contribution >= 4 is 21.7 Å². The molecule has 0 saturated carbocycles. The standard InChI is InChI=1S/C52H34N4/c1-4-13-35(14-5-1)37-23-27-41(28-24-37)50-54-51(42-29-25-38(26-30-42)36-15-6-2-7-16-36)56-52(55-50)44-21-12-20-43(33-44)46-34-48(40-18-8-3-9-19-40)53-47-32-31-39-17-10-11-22-45(39)49(46)47/h1-34H. The summed E-state index contributed by atoms with van der Waals surface area (Å²) in [5, 5.41) is 3.46. The molecule has 0 aliphatic rings. The Kier molecular flexibility index (Phi) is 8.47. The van der Waals surface area contributed by atoms with E-state index in [1.807, 2.05) is 18.2 Å². The first-order valence-corrected chi connectivity index (χ1v) is 18.8. The predicted molar refractivity (Wildman–Crippen MR) is 231 cm³/mol. The smallest absolute Gasteiger partial charge is 0.164 e. The van der Waals surface area contributed by atoms with Crippen molar-refractivity contribution in [2.75, 3.05) is 0 Å². The second-order valence-corrected chi connectivity index (χ2v) is 13.9. The van der Waals surface area contributed by atoms with Gasteiger partial charge in [-0.05, 0) is 62.4 Å². The second kappa shape index (κ2) is 14.3. The fourth-order valence-corrected chi connectivity index (χ4v) is 7.47.